The number of thioether (sulfide) groups is 1. The van der Waals surface area contributed by atoms with Crippen molar-refractivity contribution in [1.82, 2.24) is 25.3 Å². The third kappa shape index (κ3) is 2.40. The quantitative estimate of drug-likeness (QED) is 0.366. The second-order valence-electron chi connectivity index (χ2n) is 5.12. The summed E-state index contributed by atoms with van der Waals surface area (Å²) in [5.41, 5.74) is 5.13. The van der Waals surface area contributed by atoms with Gasteiger partial charge < -0.3 is 10.3 Å². The van der Waals surface area contributed by atoms with E-state index >= 15 is 0 Å². The third-order valence-electron chi connectivity index (χ3n) is 3.81. The van der Waals surface area contributed by atoms with E-state index in [0.29, 0.717) is 11.7 Å². The van der Waals surface area contributed by atoms with Gasteiger partial charge in [0.25, 0.3) is 5.91 Å². The molecule has 0 aromatic carbocycles. The number of aromatic amines is 1. The Bertz CT molecular complexity index is 939. The van der Waals surface area contributed by atoms with Gasteiger partial charge in [-0.15, -0.1) is 0 Å². The van der Waals surface area contributed by atoms with Crippen LogP contribution in [0.5, 0.6) is 0 Å². The molecule has 0 aliphatic carbocycles. The number of hydrogen-bond acceptors (Lipinski definition) is 5. The first kappa shape index (κ1) is 14.9. The Morgan fingerprint density at radius 3 is 3.00 bits per heavy atom. The van der Waals surface area contributed by atoms with Crippen LogP contribution in [0.15, 0.2) is 23.6 Å². The first-order valence-corrected chi connectivity index (χ1v) is 9.34. The summed E-state index contributed by atoms with van der Waals surface area (Å²) in [5, 5.41) is 3.60. The highest BCUT2D eigenvalue weighted by Crippen LogP contribution is 2.34. The number of nitrogens with one attached hydrogen (secondary N) is 2. The molecular weight excluding hydrogens is 425 g/mol. The number of hydrogen-bond donors (Lipinski definition) is 2. The SMILES string of the molecule is CSc1ncc2nccc(-c3[nH]c4c(c3I)C(=O)NCC4)c2n1. The van der Waals surface area contributed by atoms with Crippen LogP contribution in [0.3, 0.4) is 0 Å². The van der Waals surface area contributed by atoms with Gasteiger partial charge in [-0.25, -0.2) is 9.97 Å². The number of H-pyrrole nitrogens is 1. The van der Waals surface area contributed by atoms with Crippen molar-refractivity contribution in [2.45, 2.75) is 11.6 Å². The van der Waals surface area contributed by atoms with E-state index in [9.17, 15) is 4.79 Å². The highest BCUT2D eigenvalue weighted by molar-refractivity contribution is 14.1. The Morgan fingerprint density at radius 1 is 1.35 bits per heavy atom. The van der Waals surface area contributed by atoms with Crippen LogP contribution in [0, 0.1) is 3.57 Å². The van der Waals surface area contributed by atoms with Gasteiger partial charge in [-0.1, -0.05) is 11.8 Å². The number of fused-ring (bicyclic) bond motifs is 2. The summed E-state index contributed by atoms with van der Waals surface area (Å²) >= 11 is 3.72. The molecule has 0 fully saturated rings. The van der Waals surface area contributed by atoms with Crippen molar-refractivity contribution in [3.05, 3.63) is 33.3 Å². The summed E-state index contributed by atoms with van der Waals surface area (Å²) in [6.45, 7) is 0.664. The standard InChI is InChI=1S/C15H12IN5OS/c1-23-15-19-6-9-12(21-15)7(2-4-17-9)13-11(16)10-8(20-13)3-5-18-14(10)22/h2,4,6,20H,3,5H2,1H3,(H,18,22). The van der Waals surface area contributed by atoms with Crippen molar-refractivity contribution in [2.24, 2.45) is 0 Å². The van der Waals surface area contributed by atoms with Gasteiger partial charge in [0.2, 0.25) is 0 Å². The van der Waals surface area contributed by atoms with Crippen molar-refractivity contribution in [1.29, 1.82) is 0 Å². The normalized spacial score (nSPS) is 13.9. The average molecular weight is 437 g/mol. The molecule has 3 aromatic rings. The van der Waals surface area contributed by atoms with Crippen LogP contribution < -0.4 is 5.32 Å². The number of amides is 1. The summed E-state index contributed by atoms with van der Waals surface area (Å²) < 4.78 is 0.923. The smallest absolute Gasteiger partial charge is 0.254 e. The zero-order valence-electron chi connectivity index (χ0n) is 12.2. The Hall–Kier alpha value is -1.68. The van der Waals surface area contributed by atoms with Crippen molar-refractivity contribution >= 4 is 51.3 Å². The molecule has 6 nitrogen and oxygen atoms in total. The highest BCUT2D eigenvalue weighted by atomic mass is 127. The van der Waals surface area contributed by atoms with Crippen LogP contribution in [-0.4, -0.2) is 38.6 Å². The molecule has 3 aromatic heterocycles. The van der Waals surface area contributed by atoms with E-state index in [2.05, 4.69) is 47.8 Å². The molecule has 4 heterocycles. The molecule has 0 atom stereocenters. The van der Waals surface area contributed by atoms with Crippen LogP contribution in [0.2, 0.25) is 0 Å². The number of carbonyl (C=O) groups is 1. The Labute approximate surface area is 150 Å². The third-order valence-corrected chi connectivity index (χ3v) is 5.45. The molecule has 8 heteroatoms. The molecule has 0 saturated heterocycles. The van der Waals surface area contributed by atoms with E-state index in [1.807, 2.05) is 12.3 Å². The first-order valence-electron chi connectivity index (χ1n) is 7.03. The summed E-state index contributed by atoms with van der Waals surface area (Å²) in [4.78, 5) is 28.8. The maximum absolute atomic E-state index is 12.1. The Morgan fingerprint density at radius 2 is 2.22 bits per heavy atom. The van der Waals surface area contributed by atoms with Gasteiger partial charge in [0.1, 0.15) is 11.0 Å². The van der Waals surface area contributed by atoms with Crippen LogP contribution in [0.25, 0.3) is 22.3 Å². The lowest BCUT2D eigenvalue weighted by atomic mass is 10.1. The van der Waals surface area contributed by atoms with Crippen molar-refractivity contribution < 1.29 is 4.79 Å². The summed E-state index contributed by atoms with van der Waals surface area (Å²) in [6.07, 6.45) is 6.24. The monoisotopic (exact) mass is 437 g/mol. The Kier molecular flexibility index (Phi) is 3.72. The Balaban J connectivity index is 1.98. The number of nitrogens with zero attached hydrogens (tertiary/aromatic N) is 3. The van der Waals surface area contributed by atoms with Crippen LogP contribution in [0.1, 0.15) is 16.1 Å². The van der Waals surface area contributed by atoms with E-state index in [-0.39, 0.29) is 5.91 Å². The number of pyridine rings is 1. The van der Waals surface area contributed by atoms with Crippen LogP contribution in [-0.2, 0) is 6.42 Å². The van der Waals surface area contributed by atoms with Gasteiger partial charge in [-0.3, -0.25) is 9.78 Å². The second-order valence-corrected chi connectivity index (χ2v) is 6.97. The van der Waals surface area contributed by atoms with E-state index in [1.165, 1.54) is 11.8 Å². The molecule has 1 amide bonds. The fourth-order valence-electron chi connectivity index (χ4n) is 2.75. The molecule has 23 heavy (non-hydrogen) atoms. The minimum atomic E-state index is -0.0176. The molecule has 116 valence electrons. The van der Waals surface area contributed by atoms with Gasteiger partial charge in [0.15, 0.2) is 5.16 Å². The fourth-order valence-corrected chi connectivity index (χ4v) is 4.08. The predicted molar refractivity (Wildman–Crippen MR) is 97.7 cm³/mol. The molecule has 0 bridgehead atoms. The molecule has 2 N–H and O–H groups in total. The summed E-state index contributed by atoms with van der Waals surface area (Å²) in [6, 6.07) is 1.93. The predicted octanol–water partition coefficient (Wildman–Crippen LogP) is 2.63. The van der Waals surface area contributed by atoms with E-state index < -0.39 is 0 Å². The topological polar surface area (TPSA) is 83.6 Å². The van der Waals surface area contributed by atoms with Gasteiger partial charge in [-0.05, 0) is 34.9 Å². The zero-order valence-corrected chi connectivity index (χ0v) is 15.2. The van der Waals surface area contributed by atoms with Crippen LogP contribution >= 0.6 is 34.4 Å². The fraction of sp³-hybridized carbons (Fsp3) is 0.200. The lowest BCUT2D eigenvalue weighted by Gasteiger charge is -2.11. The number of halogens is 1. The average Bonchev–Trinajstić information content (AvgIpc) is 2.92. The molecule has 4 rings (SSSR count). The first-order chi connectivity index (χ1) is 11.2. The summed E-state index contributed by atoms with van der Waals surface area (Å²) in [7, 11) is 0. The van der Waals surface area contributed by atoms with Gasteiger partial charge >= 0.3 is 0 Å². The van der Waals surface area contributed by atoms with E-state index in [0.717, 1.165) is 43.5 Å². The van der Waals surface area contributed by atoms with Crippen molar-refractivity contribution in [3.63, 3.8) is 0 Å². The second kappa shape index (κ2) is 5.75. The maximum Gasteiger partial charge on any atom is 0.254 e. The van der Waals surface area contributed by atoms with Gasteiger partial charge in [-0.2, -0.15) is 0 Å². The maximum atomic E-state index is 12.1. The van der Waals surface area contributed by atoms with E-state index in [4.69, 9.17) is 0 Å². The van der Waals surface area contributed by atoms with Crippen molar-refractivity contribution in [3.8, 4) is 11.3 Å². The molecule has 0 saturated carbocycles. The minimum Gasteiger partial charge on any atom is -0.357 e. The molecule has 1 aliphatic rings. The van der Waals surface area contributed by atoms with Crippen molar-refractivity contribution in [2.75, 3.05) is 12.8 Å². The minimum absolute atomic E-state index is 0.0176. The largest absolute Gasteiger partial charge is 0.357 e. The molecule has 1 aliphatic heterocycles. The zero-order chi connectivity index (χ0) is 16.0. The number of aromatic nitrogens is 4. The lowest BCUT2D eigenvalue weighted by Crippen LogP contribution is -2.31. The lowest BCUT2D eigenvalue weighted by molar-refractivity contribution is 0.0945. The molecular formula is C15H12IN5OS. The van der Waals surface area contributed by atoms with E-state index in [1.54, 1.807) is 12.4 Å². The molecule has 0 radical (unpaired) electrons. The van der Waals surface area contributed by atoms with Gasteiger partial charge in [0.05, 0.1) is 21.0 Å². The number of carbonyl (C=O) groups excluding carboxylic acids is 1. The van der Waals surface area contributed by atoms with Gasteiger partial charge in [0, 0.05) is 30.4 Å². The van der Waals surface area contributed by atoms with Crippen LogP contribution in [0.4, 0.5) is 0 Å². The highest BCUT2D eigenvalue weighted by Gasteiger charge is 2.26. The number of rotatable bonds is 2. The molecule has 0 spiro atoms. The summed E-state index contributed by atoms with van der Waals surface area (Å²) in [5.74, 6) is -0.0176. The molecule has 0 unspecified atom stereocenters.